The highest BCUT2D eigenvalue weighted by Crippen LogP contribution is 2.29. The molecule has 0 bridgehead atoms. The lowest BCUT2D eigenvalue weighted by molar-refractivity contribution is -0.384. The van der Waals surface area contributed by atoms with Crippen LogP contribution in [0.3, 0.4) is 0 Å². The number of hydrogen-bond acceptors (Lipinski definition) is 6. The first-order valence-corrected chi connectivity index (χ1v) is 11.2. The number of amides is 1. The Morgan fingerprint density at radius 3 is 2.29 bits per heavy atom. The summed E-state index contributed by atoms with van der Waals surface area (Å²) in [5, 5.41) is 14.5. The fraction of sp³-hybridized carbons (Fsp3) is 0.0909. The highest BCUT2D eigenvalue weighted by atomic mass is 32.2. The molecule has 35 heavy (non-hydrogen) atoms. The average Bonchev–Trinajstić information content (AvgIpc) is 2.83. The monoisotopic (exact) mass is 506 g/mol. The molecule has 0 aromatic heterocycles. The first kappa shape index (κ1) is 25.4. The molecule has 0 unspecified atom stereocenters. The van der Waals surface area contributed by atoms with E-state index in [1.807, 2.05) is 0 Å². The molecule has 0 aliphatic heterocycles. The number of nitrogens with one attached hydrogen (secondary N) is 1. The number of anilines is 1. The zero-order valence-electron chi connectivity index (χ0n) is 17.7. The molecule has 3 aromatic rings. The molecule has 0 heterocycles. The van der Waals surface area contributed by atoms with Crippen LogP contribution in [0.2, 0.25) is 0 Å². The summed E-state index contributed by atoms with van der Waals surface area (Å²) >= 11 is 0. The Hall–Kier alpha value is -4.26. The van der Waals surface area contributed by atoms with Crippen molar-refractivity contribution in [2.45, 2.75) is 11.1 Å². The lowest BCUT2D eigenvalue weighted by atomic mass is 10.1. The Kier molecular flexibility index (Phi) is 7.49. The number of benzene rings is 3. The fourth-order valence-corrected chi connectivity index (χ4v) is 4.36. The minimum Gasteiger partial charge on any atom is -0.271 e. The summed E-state index contributed by atoms with van der Waals surface area (Å²) in [6.45, 7) is -0.755. The molecule has 0 saturated carbocycles. The van der Waals surface area contributed by atoms with Crippen molar-refractivity contribution in [3.8, 4) is 0 Å². The molecule has 1 N–H and O–H groups in total. The van der Waals surface area contributed by atoms with Crippen LogP contribution in [-0.4, -0.2) is 32.0 Å². The van der Waals surface area contributed by atoms with Crippen LogP contribution in [0.5, 0.6) is 0 Å². The predicted octanol–water partition coefficient (Wildman–Crippen LogP) is 3.96. The second-order valence-electron chi connectivity index (χ2n) is 7.01. The van der Waals surface area contributed by atoms with Gasteiger partial charge in [0.15, 0.2) is 0 Å². The molecule has 9 nitrogen and oxygen atoms in total. The number of nitro groups is 1. The molecule has 0 aliphatic carbocycles. The van der Waals surface area contributed by atoms with Crippen molar-refractivity contribution in [2.24, 2.45) is 5.10 Å². The van der Waals surface area contributed by atoms with Crippen molar-refractivity contribution in [3.63, 3.8) is 0 Å². The maximum absolute atomic E-state index is 13.2. The van der Waals surface area contributed by atoms with E-state index in [2.05, 4.69) is 10.5 Å². The standard InChI is InChI=1S/C22H17F3N4O5S/c23-22(24,25)17-6-4-5-16(13-17)14-26-27-21(30)15-28(18-9-11-19(12-10-18)29(31)32)35(33,34)20-7-2-1-3-8-20/h1-14H,15H2,(H,27,30)/b26-14-. The van der Waals surface area contributed by atoms with Gasteiger partial charge in [-0.3, -0.25) is 19.2 Å². The third-order valence-corrected chi connectivity index (χ3v) is 6.37. The largest absolute Gasteiger partial charge is 0.416 e. The van der Waals surface area contributed by atoms with E-state index >= 15 is 0 Å². The van der Waals surface area contributed by atoms with Gasteiger partial charge in [-0.25, -0.2) is 13.8 Å². The molecule has 0 spiro atoms. The van der Waals surface area contributed by atoms with Gasteiger partial charge in [0.1, 0.15) is 6.54 Å². The third-order valence-electron chi connectivity index (χ3n) is 4.58. The van der Waals surface area contributed by atoms with Crippen LogP contribution in [0.4, 0.5) is 24.5 Å². The summed E-state index contributed by atoms with van der Waals surface area (Å²) in [5.41, 5.74) is 0.946. The number of non-ortho nitro benzene ring substituents is 1. The molecular formula is C22H17F3N4O5S. The van der Waals surface area contributed by atoms with Crippen LogP contribution in [0.15, 0.2) is 88.9 Å². The lowest BCUT2D eigenvalue weighted by Crippen LogP contribution is -2.39. The summed E-state index contributed by atoms with van der Waals surface area (Å²) in [7, 11) is -4.26. The van der Waals surface area contributed by atoms with Gasteiger partial charge in [-0.1, -0.05) is 30.3 Å². The normalized spacial score (nSPS) is 11.9. The quantitative estimate of drug-likeness (QED) is 0.282. The Labute approximate surface area is 197 Å². The number of nitrogens with zero attached hydrogens (tertiary/aromatic N) is 3. The number of hydrogen-bond donors (Lipinski definition) is 1. The van der Waals surface area contributed by atoms with Crippen LogP contribution < -0.4 is 9.73 Å². The highest BCUT2D eigenvalue weighted by Gasteiger charge is 2.30. The number of alkyl halides is 3. The van der Waals surface area contributed by atoms with E-state index in [-0.39, 0.29) is 21.8 Å². The van der Waals surface area contributed by atoms with Crippen molar-refractivity contribution in [2.75, 3.05) is 10.8 Å². The highest BCUT2D eigenvalue weighted by molar-refractivity contribution is 7.92. The van der Waals surface area contributed by atoms with Gasteiger partial charge in [0.05, 0.1) is 27.3 Å². The van der Waals surface area contributed by atoms with Crippen LogP contribution >= 0.6 is 0 Å². The summed E-state index contributed by atoms with van der Waals surface area (Å²) in [6, 6.07) is 16.0. The number of carbonyl (C=O) groups is 1. The smallest absolute Gasteiger partial charge is 0.271 e. The SMILES string of the molecule is O=C(CN(c1ccc([N+](=O)[O-])cc1)S(=O)(=O)c1ccccc1)N/N=C\c1cccc(C(F)(F)F)c1. The molecule has 1 amide bonds. The number of rotatable bonds is 8. The minimum atomic E-state index is -4.55. The van der Waals surface area contributed by atoms with E-state index in [1.54, 1.807) is 6.07 Å². The Morgan fingerprint density at radius 1 is 1.03 bits per heavy atom. The van der Waals surface area contributed by atoms with Gasteiger partial charge in [-0.2, -0.15) is 18.3 Å². The molecule has 0 atom stereocenters. The van der Waals surface area contributed by atoms with Crippen LogP contribution in [-0.2, 0) is 21.0 Å². The van der Waals surface area contributed by atoms with Crippen LogP contribution in [0, 0.1) is 10.1 Å². The van der Waals surface area contributed by atoms with E-state index in [0.29, 0.717) is 0 Å². The van der Waals surface area contributed by atoms with Gasteiger partial charge in [0.25, 0.3) is 21.6 Å². The van der Waals surface area contributed by atoms with Gasteiger partial charge < -0.3 is 0 Å². The van der Waals surface area contributed by atoms with Crippen molar-refractivity contribution >= 4 is 33.5 Å². The van der Waals surface area contributed by atoms with Crippen molar-refractivity contribution < 1.29 is 31.3 Å². The van der Waals surface area contributed by atoms with Gasteiger partial charge in [-0.05, 0) is 42.0 Å². The first-order valence-electron chi connectivity index (χ1n) is 9.80. The van der Waals surface area contributed by atoms with Crippen LogP contribution in [0.1, 0.15) is 11.1 Å². The topological polar surface area (TPSA) is 122 Å². The Morgan fingerprint density at radius 2 is 1.69 bits per heavy atom. The molecule has 0 radical (unpaired) electrons. The summed E-state index contributed by atoms with van der Waals surface area (Å²) in [5.74, 6) is -0.897. The van der Waals surface area contributed by atoms with Crippen molar-refractivity contribution in [3.05, 3.63) is 100 Å². The lowest BCUT2D eigenvalue weighted by Gasteiger charge is -2.23. The van der Waals surface area contributed by atoms with Gasteiger partial charge in [0, 0.05) is 12.1 Å². The van der Waals surface area contributed by atoms with Crippen molar-refractivity contribution in [1.82, 2.24) is 5.43 Å². The third kappa shape index (κ3) is 6.41. The number of hydrazone groups is 1. The molecule has 182 valence electrons. The number of sulfonamides is 1. The number of carbonyl (C=O) groups excluding carboxylic acids is 1. The maximum atomic E-state index is 13.2. The van der Waals surface area contributed by atoms with Crippen LogP contribution in [0.25, 0.3) is 0 Å². The van der Waals surface area contributed by atoms with E-state index in [4.69, 9.17) is 0 Å². The van der Waals surface area contributed by atoms with Crippen molar-refractivity contribution in [1.29, 1.82) is 0 Å². The molecule has 3 aromatic carbocycles. The van der Waals surface area contributed by atoms with Gasteiger partial charge >= 0.3 is 6.18 Å². The van der Waals surface area contributed by atoms with Gasteiger partial charge in [-0.15, -0.1) is 0 Å². The van der Waals surface area contributed by atoms with E-state index < -0.39 is 39.1 Å². The predicted molar refractivity (Wildman–Crippen MR) is 121 cm³/mol. The van der Waals surface area contributed by atoms with Gasteiger partial charge in [0.2, 0.25) is 0 Å². The average molecular weight is 506 g/mol. The van der Waals surface area contributed by atoms with E-state index in [0.717, 1.165) is 34.8 Å². The molecule has 13 heteroatoms. The number of halogens is 3. The zero-order valence-corrected chi connectivity index (χ0v) is 18.5. The second-order valence-corrected chi connectivity index (χ2v) is 8.88. The minimum absolute atomic E-state index is 0.0172. The molecule has 0 fully saturated rings. The molecule has 0 aliphatic rings. The zero-order chi connectivity index (χ0) is 25.6. The Bertz CT molecular complexity index is 1350. The summed E-state index contributed by atoms with van der Waals surface area (Å²) in [6.07, 6.45) is -3.57. The summed E-state index contributed by atoms with van der Waals surface area (Å²) in [4.78, 5) is 22.6. The Balaban J connectivity index is 1.83. The second kappa shape index (κ2) is 10.3. The summed E-state index contributed by atoms with van der Waals surface area (Å²) < 4.78 is 65.6. The van der Waals surface area contributed by atoms with E-state index in [9.17, 15) is 36.5 Å². The van der Waals surface area contributed by atoms with E-state index in [1.165, 1.54) is 48.5 Å². The molecule has 3 rings (SSSR count). The number of nitro benzene ring substituents is 1. The first-order chi connectivity index (χ1) is 16.5. The molecular weight excluding hydrogens is 489 g/mol. The maximum Gasteiger partial charge on any atom is 0.416 e. The molecule has 0 saturated heterocycles. The fourth-order valence-electron chi connectivity index (χ4n) is 2.92.